The zero-order valence-electron chi connectivity index (χ0n) is 15.8. The van der Waals surface area contributed by atoms with Crippen LogP contribution in [-0.4, -0.2) is 77.9 Å². The maximum atomic E-state index is 5.74. The van der Waals surface area contributed by atoms with Crippen molar-refractivity contribution >= 4 is 5.96 Å². The van der Waals surface area contributed by atoms with Crippen LogP contribution < -0.4 is 10.6 Å². The number of hydrogen-bond acceptors (Lipinski definition) is 5. The molecule has 25 heavy (non-hydrogen) atoms. The molecule has 0 aromatic carbocycles. The zero-order chi connectivity index (χ0) is 17.8. The summed E-state index contributed by atoms with van der Waals surface area (Å²) in [6.45, 7) is 9.21. The molecule has 7 heteroatoms. The van der Waals surface area contributed by atoms with E-state index in [4.69, 9.17) is 23.9 Å². The van der Waals surface area contributed by atoms with Gasteiger partial charge in [-0.2, -0.15) is 0 Å². The lowest BCUT2D eigenvalue weighted by Crippen LogP contribution is -2.44. The molecule has 0 saturated carbocycles. The van der Waals surface area contributed by atoms with Crippen LogP contribution in [0, 0.1) is 5.92 Å². The molecule has 2 fully saturated rings. The van der Waals surface area contributed by atoms with Crippen molar-refractivity contribution in [3.8, 4) is 0 Å². The van der Waals surface area contributed by atoms with E-state index in [1.165, 1.54) is 0 Å². The summed E-state index contributed by atoms with van der Waals surface area (Å²) in [6, 6.07) is 0. The summed E-state index contributed by atoms with van der Waals surface area (Å²) >= 11 is 0. The van der Waals surface area contributed by atoms with Crippen LogP contribution in [0.3, 0.4) is 0 Å². The molecule has 7 nitrogen and oxygen atoms in total. The first-order valence-electron chi connectivity index (χ1n) is 9.58. The zero-order valence-corrected chi connectivity index (χ0v) is 15.8. The van der Waals surface area contributed by atoms with Gasteiger partial charge in [0, 0.05) is 65.4 Å². The molecule has 1 atom stereocenters. The van der Waals surface area contributed by atoms with Gasteiger partial charge < -0.3 is 29.6 Å². The molecule has 0 aliphatic carbocycles. The molecule has 0 aromatic heterocycles. The lowest BCUT2D eigenvalue weighted by molar-refractivity contribution is -0.0828. The number of hydrogen-bond donors (Lipinski definition) is 2. The van der Waals surface area contributed by atoms with E-state index in [0.717, 1.165) is 84.4 Å². The van der Waals surface area contributed by atoms with E-state index in [-0.39, 0.29) is 5.60 Å². The van der Waals surface area contributed by atoms with Gasteiger partial charge >= 0.3 is 0 Å². The molecule has 0 aromatic rings. The highest BCUT2D eigenvalue weighted by Crippen LogP contribution is 2.24. The number of rotatable bonds is 10. The molecule has 0 amide bonds. The summed E-state index contributed by atoms with van der Waals surface area (Å²) in [5.41, 5.74) is -0.187. The maximum Gasteiger partial charge on any atom is 0.191 e. The third kappa shape index (κ3) is 7.48. The fourth-order valence-corrected chi connectivity index (χ4v) is 3.08. The Bertz CT molecular complexity index is 381. The Morgan fingerprint density at radius 3 is 2.72 bits per heavy atom. The fraction of sp³-hybridized carbons (Fsp3) is 0.944. The van der Waals surface area contributed by atoms with E-state index < -0.39 is 0 Å². The van der Waals surface area contributed by atoms with Gasteiger partial charge in [-0.15, -0.1) is 0 Å². The fourth-order valence-electron chi connectivity index (χ4n) is 3.08. The Labute approximate surface area is 151 Å². The van der Waals surface area contributed by atoms with Crippen LogP contribution in [0.1, 0.15) is 32.6 Å². The number of guanidine groups is 1. The van der Waals surface area contributed by atoms with Crippen LogP contribution in [-0.2, 0) is 18.9 Å². The molecule has 2 aliphatic rings. The summed E-state index contributed by atoms with van der Waals surface area (Å²) in [4.78, 5) is 4.72. The van der Waals surface area contributed by atoms with Gasteiger partial charge in [-0.25, -0.2) is 0 Å². The summed E-state index contributed by atoms with van der Waals surface area (Å²) < 4.78 is 22.3. The van der Waals surface area contributed by atoms with Gasteiger partial charge in [0.05, 0.1) is 25.4 Å². The van der Waals surface area contributed by atoms with Crippen molar-refractivity contribution in [2.45, 2.75) is 38.2 Å². The van der Waals surface area contributed by atoms with Crippen molar-refractivity contribution in [3.63, 3.8) is 0 Å². The molecule has 0 spiro atoms. The van der Waals surface area contributed by atoms with Crippen molar-refractivity contribution in [1.29, 1.82) is 0 Å². The number of ether oxygens (including phenoxy) is 4. The van der Waals surface area contributed by atoms with Gasteiger partial charge in [-0.1, -0.05) is 0 Å². The monoisotopic (exact) mass is 357 g/mol. The van der Waals surface area contributed by atoms with Crippen molar-refractivity contribution in [2.75, 3.05) is 66.4 Å². The molecule has 1 unspecified atom stereocenters. The molecule has 2 saturated heterocycles. The Balaban J connectivity index is 1.64. The quantitative estimate of drug-likeness (QED) is 0.347. The first kappa shape index (κ1) is 20.4. The second-order valence-electron chi connectivity index (χ2n) is 6.78. The van der Waals surface area contributed by atoms with E-state index in [2.05, 4.69) is 17.6 Å². The predicted molar refractivity (Wildman–Crippen MR) is 98.1 cm³/mol. The Kier molecular flexibility index (Phi) is 9.54. The Hall–Kier alpha value is -0.890. The summed E-state index contributed by atoms with van der Waals surface area (Å²) in [6.07, 6.45) is 3.87. The minimum Gasteiger partial charge on any atom is -0.381 e. The second-order valence-corrected chi connectivity index (χ2v) is 6.78. The van der Waals surface area contributed by atoms with Gasteiger partial charge in [-0.05, 0) is 19.8 Å². The smallest absolute Gasteiger partial charge is 0.191 e. The van der Waals surface area contributed by atoms with Gasteiger partial charge in [0.1, 0.15) is 0 Å². The molecule has 2 aliphatic heterocycles. The summed E-state index contributed by atoms with van der Waals surface area (Å²) in [5, 5.41) is 6.67. The number of methoxy groups -OCH3 is 1. The molecular weight excluding hydrogens is 322 g/mol. The highest BCUT2D eigenvalue weighted by molar-refractivity contribution is 5.79. The first-order chi connectivity index (χ1) is 12.3. The van der Waals surface area contributed by atoms with Crippen LogP contribution in [0.2, 0.25) is 0 Å². The SMILES string of the molecule is CCNC(=NCC1(OC)CCOCC1)NCCCOCC1CCOC1. The van der Waals surface area contributed by atoms with Crippen LogP contribution in [0.4, 0.5) is 0 Å². The molecule has 2 rings (SSSR count). The minimum absolute atomic E-state index is 0.187. The van der Waals surface area contributed by atoms with E-state index in [9.17, 15) is 0 Å². The van der Waals surface area contributed by atoms with Crippen molar-refractivity contribution in [2.24, 2.45) is 10.9 Å². The van der Waals surface area contributed by atoms with Crippen molar-refractivity contribution < 1.29 is 18.9 Å². The standard InChI is InChI=1S/C18H35N3O4/c1-3-19-17(21-15-18(22-2)6-11-23-12-7-18)20-8-4-9-24-13-16-5-10-25-14-16/h16H,3-15H2,1-2H3,(H2,19,20,21). The van der Waals surface area contributed by atoms with E-state index in [0.29, 0.717) is 12.5 Å². The van der Waals surface area contributed by atoms with Gasteiger partial charge in [0.2, 0.25) is 0 Å². The molecule has 0 bridgehead atoms. The third-order valence-corrected chi connectivity index (χ3v) is 4.84. The molecule has 2 N–H and O–H groups in total. The normalized spacial score (nSPS) is 23.6. The highest BCUT2D eigenvalue weighted by Gasteiger charge is 2.32. The van der Waals surface area contributed by atoms with E-state index in [1.807, 2.05) is 0 Å². The van der Waals surface area contributed by atoms with Crippen molar-refractivity contribution in [1.82, 2.24) is 10.6 Å². The topological polar surface area (TPSA) is 73.3 Å². The van der Waals surface area contributed by atoms with Crippen LogP contribution in [0.5, 0.6) is 0 Å². The Morgan fingerprint density at radius 1 is 1.20 bits per heavy atom. The lowest BCUT2D eigenvalue weighted by atomic mass is 9.94. The second kappa shape index (κ2) is 11.7. The van der Waals surface area contributed by atoms with Gasteiger partial charge in [0.15, 0.2) is 5.96 Å². The molecular formula is C18H35N3O4. The lowest BCUT2D eigenvalue weighted by Gasteiger charge is -2.34. The van der Waals surface area contributed by atoms with E-state index in [1.54, 1.807) is 7.11 Å². The molecule has 146 valence electrons. The van der Waals surface area contributed by atoms with E-state index >= 15 is 0 Å². The largest absolute Gasteiger partial charge is 0.381 e. The first-order valence-corrected chi connectivity index (χ1v) is 9.58. The summed E-state index contributed by atoms with van der Waals surface area (Å²) in [7, 11) is 1.77. The average molecular weight is 357 g/mol. The number of aliphatic imine (C=N–C) groups is 1. The van der Waals surface area contributed by atoms with Gasteiger partial charge in [0.25, 0.3) is 0 Å². The highest BCUT2D eigenvalue weighted by atomic mass is 16.5. The third-order valence-electron chi connectivity index (χ3n) is 4.84. The maximum absolute atomic E-state index is 5.74. The average Bonchev–Trinajstić information content (AvgIpc) is 3.16. The predicted octanol–water partition coefficient (Wildman–Crippen LogP) is 1.18. The van der Waals surface area contributed by atoms with Crippen LogP contribution >= 0.6 is 0 Å². The van der Waals surface area contributed by atoms with Gasteiger partial charge in [-0.3, -0.25) is 4.99 Å². The minimum atomic E-state index is -0.187. The molecule has 0 radical (unpaired) electrons. The van der Waals surface area contributed by atoms with Crippen LogP contribution in [0.15, 0.2) is 4.99 Å². The van der Waals surface area contributed by atoms with Crippen LogP contribution in [0.25, 0.3) is 0 Å². The number of nitrogens with one attached hydrogen (secondary N) is 2. The summed E-state index contributed by atoms with van der Waals surface area (Å²) in [5.74, 6) is 1.42. The Morgan fingerprint density at radius 2 is 2.04 bits per heavy atom. The number of nitrogens with zero attached hydrogens (tertiary/aromatic N) is 1. The molecule has 2 heterocycles. The van der Waals surface area contributed by atoms with Crippen molar-refractivity contribution in [3.05, 3.63) is 0 Å².